The highest BCUT2D eigenvalue weighted by molar-refractivity contribution is 8.14. The summed E-state index contributed by atoms with van der Waals surface area (Å²) in [6, 6.07) is 14.5. The molecule has 0 saturated carbocycles. The molecule has 0 amide bonds. The summed E-state index contributed by atoms with van der Waals surface area (Å²) in [6.07, 6.45) is 0. The molecule has 2 aromatic rings. The van der Waals surface area contributed by atoms with Gasteiger partial charge in [-0.3, -0.25) is 9.59 Å². The lowest BCUT2D eigenvalue weighted by atomic mass is 9.94. The van der Waals surface area contributed by atoms with Gasteiger partial charge in [0.15, 0.2) is 0 Å². The van der Waals surface area contributed by atoms with Gasteiger partial charge in [-0.05, 0) is 36.0 Å². The number of thioether (sulfide) groups is 1. The second-order valence-electron chi connectivity index (χ2n) is 5.39. The van der Waals surface area contributed by atoms with Crippen molar-refractivity contribution in [3.05, 3.63) is 54.1 Å². The average Bonchev–Trinajstić information content (AvgIpc) is 2.72. The van der Waals surface area contributed by atoms with Crippen LogP contribution in [0.1, 0.15) is 12.5 Å². The van der Waals surface area contributed by atoms with Gasteiger partial charge in [0.1, 0.15) is 5.75 Å². The Kier molecular flexibility index (Phi) is 4.49. The topological polar surface area (TPSA) is 64.6 Å². The number of anilines is 1. The summed E-state index contributed by atoms with van der Waals surface area (Å²) >= 11 is 1.08. The van der Waals surface area contributed by atoms with Crippen molar-refractivity contribution in [1.29, 1.82) is 0 Å². The van der Waals surface area contributed by atoms with Crippen molar-refractivity contribution in [2.45, 2.75) is 17.4 Å². The summed E-state index contributed by atoms with van der Waals surface area (Å²) in [7, 11) is 1.57. The van der Waals surface area contributed by atoms with Crippen LogP contribution in [0.5, 0.6) is 5.75 Å². The first-order valence-electron chi connectivity index (χ1n) is 7.44. The van der Waals surface area contributed by atoms with E-state index in [0.717, 1.165) is 22.3 Å². The third kappa shape index (κ3) is 2.97. The minimum atomic E-state index is -1.39. The van der Waals surface area contributed by atoms with Gasteiger partial charge in [-0.15, -0.1) is 0 Å². The Balaban J connectivity index is 2.05. The van der Waals surface area contributed by atoms with Gasteiger partial charge in [0.2, 0.25) is 10.7 Å². The first kappa shape index (κ1) is 16.4. The van der Waals surface area contributed by atoms with Crippen LogP contribution < -0.4 is 10.1 Å². The van der Waals surface area contributed by atoms with E-state index in [2.05, 4.69) is 5.32 Å². The lowest BCUT2D eigenvalue weighted by molar-refractivity contribution is -0.161. The van der Waals surface area contributed by atoms with Crippen LogP contribution in [-0.2, 0) is 19.9 Å². The van der Waals surface area contributed by atoms with Crippen molar-refractivity contribution < 1.29 is 19.1 Å². The molecule has 124 valence electrons. The summed E-state index contributed by atoms with van der Waals surface area (Å²) < 4.78 is 10.7. The van der Waals surface area contributed by atoms with Crippen molar-refractivity contribution in [2.75, 3.05) is 19.0 Å². The van der Waals surface area contributed by atoms with Crippen molar-refractivity contribution in [3.8, 4) is 5.75 Å². The lowest BCUT2D eigenvalue weighted by Gasteiger charge is -2.30. The molecule has 24 heavy (non-hydrogen) atoms. The number of methoxy groups -OCH3 is 1. The molecule has 1 atom stereocenters. The molecular weight excluding hydrogens is 326 g/mol. The minimum Gasteiger partial charge on any atom is -0.497 e. The zero-order valence-electron chi connectivity index (χ0n) is 13.4. The van der Waals surface area contributed by atoms with Gasteiger partial charge in [-0.25, -0.2) is 0 Å². The van der Waals surface area contributed by atoms with Gasteiger partial charge >= 0.3 is 5.97 Å². The molecule has 1 heterocycles. The fourth-order valence-electron chi connectivity index (χ4n) is 2.64. The molecule has 1 aliphatic rings. The van der Waals surface area contributed by atoms with E-state index in [1.165, 1.54) is 6.92 Å². The number of rotatable bonds is 3. The number of carbonyl (C=O) groups excluding carboxylic acids is 2. The smallest absolute Gasteiger partial charge is 0.304 e. The fourth-order valence-corrected chi connectivity index (χ4v) is 3.63. The normalized spacial score (nSPS) is 19.7. The third-order valence-electron chi connectivity index (χ3n) is 3.82. The standard InChI is InChI=1S/C18H17NO4S/c1-12(20)23-18(13-7-9-14(22-2)10-8-13)11-19-15-5-3-4-6-16(15)24-17(18)21/h3-10,19H,11H2,1-2H3. The summed E-state index contributed by atoms with van der Waals surface area (Å²) in [5.74, 6) is 0.161. The number of ether oxygens (including phenoxy) is 2. The Hall–Kier alpha value is -2.47. The van der Waals surface area contributed by atoms with E-state index in [9.17, 15) is 9.59 Å². The monoisotopic (exact) mass is 343 g/mol. The van der Waals surface area contributed by atoms with E-state index in [1.807, 2.05) is 24.3 Å². The van der Waals surface area contributed by atoms with Gasteiger partial charge in [-0.2, -0.15) is 0 Å². The molecule has 2 aromatic carbocycles. The molecule has 1 unspecified atom stereocenters. The van der Waals surface area contributed by atoms with E-state index < -0.39 is 11.6 Å². The van der Waals surface area contributed by atoms with Crippen LogP contribution in [0.15, 0.2) is 53.4 Å². The lowest BCUT2D eigenvalue weighted by Crippen LogP contribution is -2.43. The number of para-hydroxylation sites is 1. The van der Waals surface area contributed by atoms with Crippen LogP contribution in [-0.4, -0.2) is 24.7 Å². The molecule has 0 saturated heterocycles. The Bertz CT molecular complexity index is 775. The minimum absolute atomic E-state index is 0.168. The number of hydrogen-bond acceptors (Lipinski definition) is 6. The maximum absolute atomic E-state index is 13.0. The molecule has 0 fully saturated rings. The summed E-state index contributed by atoms with van der Waals surface area (Å²) in [5, 5.41) is 2.99. The van der Waals surface area contributed by atoms with Gasteiger partial charge in [0.25, 0.3) is 0 Å². The van der Waals surface area contributed by atoms with Crippen LogP contribution in [0.4, 0.5) is 5.69 Å². The van der Waals surface area contributed by atoms with Gasteiger partial charge in [0.05, 0.1) is 13.7 Å². The van der Waals surface area contributed by atoms with Crippen LogP contribution >= 0.6 is 11.8 Å². The quantitative estimate of drug-likeness (QED) is 0.864. The maximum atomic E-state index is 13.0. The van der Waals surface area contributed by atoms with Gasteiger partial charge in [0, 0.05) is 23.1 Å². The molecule has 0 radical (unpaired) electrons. The highest BCUT2D eigenvalue weighted by Gasteiger charge is 2.46. The molecule has 0 aliphatic carbocycles. The maximum Gasteiger partial charge on any atom is 0.304 e. The van der Waals surface area contributed by atoms with Crippen LogP contribution in [0.3, 0.4) is 0 Å². The molecule has 0 aromatic heterocycles. The molecule has 5 nitrogen and oxygen atoms in total. The number of esters is 1. The van der Waals surface area contributed by atoms with Crippen molar-refractivity contribution >= 4 is 28.5 Å². The third-order valence-corrected chi connectivity index (χ3v) is 4.91. The first-order valence-corrected chi connectivity index (χ1v) is 8.26. The Morgan fingerprint density at radius 3 is 2.54 bits per heavy atom. The molecule has 3 rings (SSSR count). The van der Waals surface area contributed by atoms with E-state index in [0.29, 0.717) is 11.3 Å². The number of carbonyl (C=O) groups is 2. The van der Waals surface area contributed by atoms with Crippen molar-refractivity contribution in [3.63, 3.8) is 0 Å². The molecular formula is C18H17NO4S. The van der Waals surface area contributed by atoms with E-state index in [1.54, 1.807) is 31.4 Å². The summed E-state index contributed by atoms with van der Waals surface area (Å²) in [5.41, 5.74) is 0.0663. The first-order chi connectivity index (χ1) is 11.5. The van der Waals surface area contributed by atoms with Crippen LogP contribution in [0.2, 0.25) is 0 Å². The number of hydrogen-bond donors (Lipinski definition) is 1. The molecule has 0 bridgehead atoms. The predicted octanol–water partition coefficient (Wildman–Crippen LogP) is 3.20. The molecule has 1 aliphatic heterocycles. The van der Waals surface area contributed by atoms with E-state index in [4.69, 9.17) is 9.47 Å². The molecule has 0 spiro atoms. The molecule has 1 N–H and O–H groups in total. The van der Waals surface area contributed by atoms with E-state index >= 15 is 0 Å². The van der Waals surface area contributed by atoms with Crippen LogP contribution in [0, 0.1) is 0 Å². The summed E-state index contributed by atoms with van der Waals surface area (Å²) in [4.78, 5) is 25.5. The van der Waals surface area contributed by atoms with E-state index in [-0.39, 0.29) is 11.7 Å². The Labute approximate surface area is 144 Å². The summed E-state index contributed by atoms with van der Waals surface area (Å²) in [6.45, 7) is 1.48. The predicted molar refractivity (Wildman–Crippen MR) is 92.2 cm³/mol. The molecule has 6 heteroatoms. The second-order valence-corrected chi connectivity index (χ2v) is 6.40. The largest absolute Gasteiger partial charge is 0.497 e. The Morgan fingerprint density at radius 2 is 1.88 bits per heavy atom. The SMILES string of the molecule is COc1ccc(C2(OC(C)=O)CNc3ccccc3SC2=O)cc1. The number of nitrogens with one attached hydrogen (secondary N) is 1. The number of fused-ring (bicyclic) bond motifs is 1. The second kappa shape index (κ2) is 6.57. The zero-order valence-corrected chi connectivity index (χ0v) is 14.2. The highest BCUT2D eigenvalue weighted by Crippen LogP contribution is 2.41. The Morgan fingerprint density at radius 1 is 1.17 bits per heavy atom. The van der Waals surface area contributed by atoms with Gasteiger partial charge < -0.3 is 14.8 Å². The van der Waals surface area contributed by atoms with Crippen molar-refractivity contribution in [2.24, 2.45) is 0 Å². The average molecular weight is 343 g/mol. The van der Waals surface area contributed by atoms with Gasteiger partial charge in [-0.1, -0.05) is 24.3 Å². The van der Waals surface area contributed by atoms with Crippen LogP contribution in [0.25, 0.3) is 0 Å². The fraction of sp³-hybridized carbons (Fsp3) is 0.222. The van der Waals surface area contributed by atoms with Crippen molar-refractivity contribution in [1.82, 2.24) is 0 Å². The highest BCUT2D eigenvalue weighted by atomic mass is 32.2. The number of benzene rings is 2. The zero-order chi connectivity index (χ0) is 17.2.